The number of H-pyrrole nitrogens is 1. The van der Waals surface area contributed by atoms with Crippen molar-refractivity contribution < 1.29 is 8.78 Å². The Kier molecular flexibility index (Phi) is 2.36. The fourth-order valence-corrected chi connectivity index (χ4v) is 1.58. The Labute approximate surface area is 99.9 Å². The molecule has 0 spiro atoms. The van der Waals surface area contributed by atoms with Crippen LogP contribution in [0.25, 0.3) is 11.2 Å². The van der Waals surface area contributed by atoms with E-state index in [-0.39, 0.29) is 5.69 Å². The summed E-state index contributed by atoms with van der Waals surface area (Å²) in [4.78, 5) is 14.7. The minimum atomic E-state index is -0.693. The quantitative estimate of drug-likeness (QED) is 0.729. The molecule has 2 aromatic heterocycles. The van der Waals surface area contributed by atoms with E-state index in [4.69, 9.17) is 0 Å². The van der Waals surface area contributed by atoms with Gasteiger partial charge in [-0.05, 0) is 12.1 Å². The molecule has 0 aliphatic heterocycles. The number of nitrogens with zero attached hydrogens (tertiary/aromatic N) is 3. The smallest absolute Gasteiger partial charge is 0.182 e. The number of hydrogen-bond donors (Lipinski definition) is 2. The molecule has 0 saturated carbocycles. The Hall–Kier alpha value is -2.57. The van der Waals surface area contributed by atoms with E-state index in [2.05, 4.69) is 25.3 Å². The number of halogens is 2. The number of benzene rings is 1. The van der Waals surface area contributed by atoms with Gasteiger partial charge in [0.1, 0.15) is 23.5 Å². The lowest BCUT2D eigenvalue weighted by atomic mass is 10.3. The third kappa shape index (κ3) is 1.75. The van der Waals surface area contributed by atoms with Gasteiger partial charge in [0.15, 0.2) is 11.5 Å². The molecule has 7 heteroatoms. The molecule has 0 fully saturated rings. The first-order chi connectivity index (χ1) is 8.74. The van der Waals surface area contributed by atoms with Crippen LogP contribution in [0, 0.1) is 11.6 Å². The van der Waals surface area contributed by atoms with Gasteiger partial charge >= 0.3 is 0 Å². The zero-order valence-corrected chi connectivity index (χ0v) is 8.98. The molecule has 0 saturated heterocycles. The topological polar surface area (TPSA) is 66.5 Å². The maximum absolute atomic E-state index is 13.5. The van der Waals surface area contributed by atoms with Crippen molar-refractivity contribution in [1.82, 2.24) is 19.9 Å². The summed E-state index contributed by atoms with van der Waals surface area (Å²) in [7, 11) is 0. The number of hydrogen-bond acceptors (Lipinski definition) is 4. The molecule has 0 bridgehead atoms. The second kappa shape index (κ2) is 4.02. The first-order valence-electron chi connectivity index (χ1n) is 5.10. The van der Waals surface area contributed by atoms with Crippen molar-refractivity contribution in [2.45, 2.75) is 0 Å². The number of aromatic nitrogens is 4. The predicted molar refractivity (Wildman–Crippen MR) is 61.3 cm³/mol. The Morgan fingerprint density at radius 3 is 2.83 bits per heavy atom. The highest BCUT2D eigenvalue weighted by Gasteiger charge is 2.09. The summed E-state index contributed by atoms with van der Waals surface area (Å²) in [5.41, 5.74) is 1.15. The Morgan fingerprint density at radius 2 is 2.00 bits per heavy atom. The molecule has 1 aromatic carbocycles. The highest BCUT2D eigenvalue weighted by molar-refractivity contribution is 5.84. The second-order valence-electron chi connectivity index (χ2n) is 3.57. The zero-order valence-electron chi connectivity index (χ0n) is 8.98. The van der Waals surface area contributed by atoms with Gasteiger partial charge in [-0.2, -0.15) is 0 Å². The molecule has 5 nitrogen and oxygen atoms in total. The van der Waals surface area contributed by atoms with Gasteiger partial charge in [-0.25, -0.2) is 23.7 Å². The molecule has 0 amide bonds. The number of rotatable bonds is 2. The standard InChI is InChI=1S/C11H7F2N5/c12-6-1-2-8(7(13)3-6)18-11-9-10(15-4-14-9)16-5-17-11/h1-5H,(H2,14,15,16,17,18). The second-order valence-corrected chi connectivity index (χ2v) is 3.57. The van der Waals surface area contributed by atoms with Gasteiger partial charge in [-0.3, -0.25) is 0 Å². The first kappa shape index (κ1) is 10.6. The van der Waals surface area contributed by atoms with E-state index in [1.807, 2.05) is 0 Å². The van der Waals surface area contributed by atoms with Crippen molar-refractivity contribution in [3.63, 3.8) is 0 Å². The molecule has 0 atom stereocenters. The fraction of sp³-hybridized carbons (Fsp3) is 0. The Balaban J connectivity index is 2.03. The average Bonchev–Trinajstić information content (AvgIpc) is 2.82. The molecule has 2 heterocycles. The molecule has 18 heavy (non-hydrogen) atoms. The SMILES string of the molecule is Fc1ccc(Nc2ncnc3nc[nH]c23)c(F)c1. The summed E-state index contributed by atoms with van der Waals surface area (Å²) in [5, 5.41) is 2.76. The molecule has 0 radical (unpaired) electrons. The van der Waals surface area contributed by atoms with Crippen LogP contribution in [0.4, 0.5) is 20.3 Å². The average molecular weight is 247 g/mol. The highest BCUT2D eigenvalue weighted by Crippen LogP contribution is 2.22. The number of aromatic amines is 1. The molecule has 0 aliphatic rings. The molecule has 3 rings (SSSR count). The van der Waals surface area contributed by atoms with Gasteiger partial charge in [0.05, 0.1) is 12.0 Å². The number of imidazole rings is 1. The van der Waals surface area contributed by atoms with E-state index < -0.39 is 11.6 Å². The zero-order chi connectivity index (χ0) is 12.5. The Bertz CT molecular complexity index is 709. The summed E-state index contributed by atoms with van der Waals surface area (Å²) in [6, 6.07) is 3.26. The molecule has 2 N–H and O–H groups in total. The van der Waals surface area contributed by atoms with Gasteiger partial charge in [-0.1, -0.05) is 0 Å². The minimum Gasteiger partial charge on any atom is -0.340 e. The van der Waals surface area contributed by atoms with Crippen LogP contribution < -0.4 is 5.32 Å². The number of anilines is 2. The van der Waals surface area contributed by atoms with Crippen LogP contribution in [0.15, 0.2) is 30.9 Å². The van der Waals surface area contributed by atoms with Crippen molar-refractivity contribution in [3.8, 4) is 0 Å². The number of fused-ring (bicyclic) bond motifs is 1. The largest absolute Gasteiger partial charge is 0.340 e. The summed E-state index contributed by atoms with van der Waals surface area (Å²) in [6.45, 7) is 0. The summed E-state index contributed by atoms with van der Waals surface area (Å²) in [5.74, 6) is -0.947. The lowest BCUT2D eigenvalue weighted by Gasteiger charge is -2.06. The molecule has 0 unspecified atom stereocenters. The van der Waals surface area contributed by atoms with Gasteiger partial charge in [0, 0.05) is 6.07 Å². The predicted octanol–water partition coefficient (Wildman–Crippen LogP) is 2.37. The van der Waals surface area contributed by atoms with Crippen molar-refractivity contribution in [1.29, 1.82) is 0 Å². The van der Waals surface area contributed by atoms with E-state index in [0.717, 1.165) is 12.1 Å². The summed E-state index contributed by atoms with van der Waals surface area (Å²) < 4.78 is 26.3. The molecular weight excluding hydrogens is 240 g/mol. The maximum atomic E-state index is 13.5. The van der Waals surface area contributed by atoms with E-state index in [0.29, 0.717) is 17.0 Å². The van der Waals surface area contributed by atoms with Crippen LogP contribution in [0.3, 0.4) is 0 Å². The third-order valence-corrected chi connectivity index (χ3v) is 2.41. The third-order valence-electron chi connectivity index (χ3n) is 2.41. The lowest BCUT2D eigenvalue weighted by Crippen LogP contribution is -1.98. The van der Waals surface area contributed by atoms with Gasteiger partial charge in [-0.15, -0.1) is 0 Å². The van der Waals surface area contributed by atoms with Crippen molar-refractivity contribution in [3.05, 3.63) is 42.5 Å². The highest BCUT2D eigenvalue weighted by atomic mass is 19.1. The summed E-state index contributed by atoms with van der Waals surface area (Å²) in [6.07, 6.45) is 2.78. The monoisotopic (exact) mass is 247 g/mol. The lowest BCUT2D eigenvalue weighted by molar-refractivity contribution is 0.586. The van der Waals surface area contributed by atoms with Crippen molar-refractivity contribution in [2.75, 3.05) is 5.32 Å². The van der Waals surface area contributed by atoms with Crippen molar-refractivity contribution >= 4 is 22.7 Å². The Morgan fingerprint density at radius 1 is 1.11 bits per heavy atom. The van der Waals surface area contributed by atoms with Crippen LogP contribution in [0.5, 0.6) is 0 Å². The fourth-order valence-electron chi connectivity index (χ4n) is 1.58. The van der Waals surface area contributed by atoms with Gasteiger partial charge in [0.25, 0.3) is 0 Å². The van der Waals surface area contributed by atoms with Crippen LogP contribution in [0.1, 0.15) is 0 Å². The van der Waals surface area contributed by atoms with Crippen LogP contribution >= 0.6 is 0 Å². The number of nitrogens with one attached hydrogen (secondary N) is 2. The van der Waals surface area contributed by atoms with E-state index in [1.54, 1.807) is 0 Å². The van der Waals surface area contributed by atoms with Gasteiger partial charge in [0.2, 0.25) is 0 Å². The molecular formula is C11H7F2N5. The van der Waals surface area contributed by atoms with Crippen LogP contribution in [-0.2, 0) is 0 Å². The normalized spacial score (nSPS) is 10.8. The molecule has 3 aromatic rings. The van der Waals surface area contributed by atoms with E-state index in [9.17, 15) is 8.78 Å². The summed E-state index contributed by atoms with van der Waals surface area (Å²) >= 11 is 0. The van der Waals surface area contributed by atoms with Crippen LogP contribution in [-0.4, -0.2) is 19.9 Å². The molecule has 0 aliphatic carbocycles. The maximum Gasteiger partial charge on any atom is 0.182 e. The van der Waals surface area contributed by atoms with E-state index in [1.165, 1.54) is 18.7 Å². The van der Waals surface area contributed by atoms with E-state index >= 15 is 0 Å². The minimum absolute atomic E-state index is 0.131. The first-order valence-corrected chi connectivity index (χ1v) is 5.10. The molecule has 90 valence electrons. The van der Waals surface area contributed by atoms with Gasteiger partial charge < -0.3 is 10.3 Å². The van der Waals surface area contributed by atoms with Crippen LogP contribution in [0.2, 0.25) is 0 Å². The van der Waals surface area contributed by atoms with Crippen molar-refractivity contribution in [2.24, 2.45) is 0 Å².